The number of carbonyl (C=O) groups is 2. The van der Waals surface area contributed by atoms with E-state index in [1.165, 1.54) is 6.07 Å². The van der Waals surface area contributed by atoms with Crippen LogP contribution in [0.1, 0.15) is 36.0 Å². The van der Waals surface area contributed by atoms with Crippen molar-refractivity contribution < 1.29 is 23.1 Å². The summed E-state index contributed by atoms with van der Waals surface area (Å²) in [5.41, 5.74) is 0.686. The van der Waals surface area contributed by atoms with Crippen LogP contribution in [0.25, 0.3) is 0 Å². The lowest BCUT2D eigenvalue weighted by atomic mass is 10.1. The monoisotopic (exact) mass is 415 g/mol. The van der Waals surface area contributed by atoms with Crippen molar-refractivity contribution in [3.8, 4) is 0 Å². The second-order valence-corrected chi connectivity index (χ2v) is 7.51. The molecular weight excluding hydrogens is 392 g/mol. The van der Waals surface area contributed by atoms with E-state index in [0.717, 1.165) is 31.4 Å². The van der Waals surface area contributed by atoms with Crippen molar-refractivity contribution in [1.29, 1.82) is 0 Å². The van der Waals surface area contributed by atoms with Gasteiger partial charge in [0.1, 0.15) is 11.8 Å². The molecule has 2 aliphatic rings. The first-order chi connectivity index (χ1) is 14.5. The molecule has 4 rings (SSSR count). The molecule has 0 radical (unpaired) electrons. The number of nitrogens with one attached hydrogen (secondary N) is 2. The molecule has 1 unspecified atom stereocenters. The third kappa shape index (κ3) is 4.43. The first kappa shape index (κ1) is 20.3. The van der Waals surface area contributed by atoms with E-state index in [-0.39, 0.29) is 22.8 Å². The fourth-order valence-corrected chi connectivity index (χ4v) is 3.83. The minimum Gasteiger partial charge on any atom is -0.368 e. The third-order valence-electron chi connectivity index (χ3n) is 5.31. The van der Waals surface area contributed by atoms with Crippen molar-refractivity contribution in [2.24, 2.45) is 0 Å². The normalized spacial score (nSPS) is 18.5. The number of rotatable bonds is 5. The van der Waals surface area contributed by atoms with E-state index in [1.807, 2.05) is 0 Å². The predicted octanol–water partition coefficient (Wildman–Crippen LogP) is 3.93. The number of hydrogen-bond donors (Lipinski definition) is 2. The molecule has 2 N–H and O–H groups in total. The van der Waals surface area contributed by atoms with E-state index in [0.29, 0.717) is 31.8 Å². The molecule has 158 valence electrons. The van der Waals surface area contributed by atoms with Crippen LogP contribution >= 0.6 is 0 Å². The predicted molar refractivity (Wildman–Crippen MR) is 110 cm³/mol. The Morgan fingerprint density at radius 2 is 1.70 bits per heavy atom. The molecule has 6 nitrogen and oxygen atoms in total. The first-order valence-corrected chi connectivity index (χ1v) is 10.1. The summed E-state index contributed by atoms with van der Waals surface area (Å²) in [6, 6.07) is 8.59. The molecule has 2 aromatic rings. The van der Waals surface area contributed by atoms with Crippen LogP contribution in [0.2, 0.25) is 0 Å². The zero-order valence-electron chi connectivity index (χ0n) is 16.4. The van der Waals surface area contributed by atoms with Crippen molar-refractivity contribution >= 4 is 28.9 Å². The number of amides is 2. The van der Waals surface area contributed by atoms with Crippen LogP contribution in [0, 0.1) is 11.6 Å². The van der Waals surface area contributed by atoms with Crippen LogP contribution in [0.3, 0.4) is 0 Å². The lowest BCUT2D eigenvalue weighted by Gasteiger charge is -2.20. The minimum atomic E-state index is -0.704. The highest BCUT2D eigenvalue weighted by Crippen LogP contribution is 2.30. The van der Waals surface area contributed by atoms with Gasteiger partial charge in [-0.1, -0.05) is 6.07 Å². The van der Waals surface area contributed by atoms with E-state index >= 15 is 0 Å². The molecule has 0 bridgehead atoms. The number of hydrogen-bond acceptors (Lipinski definition) is 4. The highest BCUT2D eigenvalue weighted by molar-refractivity contribution is 6.05. The molecule has 2 heterocycles. The fourth-order valence-electron chi connectivity index (χ4n) is 3.83. The van der Waals surface area contributed by atoms with Crippen molar-refractivity contribution in [3.63, 3.8) is 0 Å². The second kappa shape index (κ2) is 8.79. The zero-order chi connectivity index (χ0) is 21.1. The van der Waals surface area contributed by atoms with Gasteiger partial charge in [0.15, 0.2) is 11.6 Å². The number of ether oxygens (including phenoxy) is 1. The van der Waals surface area contributed by atoms with E-state index in [1.54, 1.807) is 23.1 Å². The summed E-state index contributed by atoms with van der Waals surface area (Å²) in [4.78, 5) is 26.4. The van der Waals surface area contributed by atoms with Gasteiger partial charge in [0, 0.05) is 36.6 Å². The van der Waals surface area contributed by atoms with Gasteiger partial charge in [-0.25, -0.2) is 8.78 Å². The molecule has 2 amide bonds. The van der Waals surface area contributed by atoms with E-state index in [2.05, 4.69) is 10.6 Å². The SMILES string of the molecule is O=C(Nc1cc(F)c(N2CCCC2)c(F)c1)c1cccc(NC(=O)C2CCCO2)c1. The molecule has 0 saturated carbocycles. The van der Waals surface area contributed by atoms with Crippen molar-refractivity contribution in [2.45, 2.75) is 31.8 Å². The van der Waals surface area contributed by atoms with Crippen LogP contribution in [-0.4, -0.2) is 37.6 Å². The highest BCUT2D eigenvalue weighted by atomic mass is 19.1. The standard InChI is InChI=1S/C22H23F2N3O3/c23-17-12-16(13-18(24)20(17)27-8-1-2-9-27)26-21(28)14-5-3-6-15(11-14)25-22(29)19-7-4-10-30-19/h3,5-6,11-13,19H,1-2,4,7-10H2,(H,25,29)(H,26,28). The smallest absolute Gasteiger partial charge is 0.255 e. The van der Waals surface area contributed by atoms with Crippen LogP contribution in [0.5, 0.6) is 0 Å². The summed E-state index contributed by atoms with van der Waals surface area (Å²) in [5.74, 6) is -2.20. The van der Waals surface area contributed by atoms with E-state index in [9.17, 15) is 18.4 Å². The zero-order valence-corrected chi connectivity index (χ0v) is 16.4. The van der Waals surface area contributed by atoms with Crippen molar-refractivity contribution in [2.75, 3.05) is 35.2 Å². The second-order valence-electron chi connectivity index (χ2n) is 7.51. The summed E-state index contributed by atoms with van der Waals surface area (Å²) in [6.45, 7) is 1.79. The van der Waals surface area contributed by atoms with E-state index in [4.69, 9.17) is 4.74 Å². The van der Waals surface area contributed by atoms with Crippen LogP contribution in [0.4, 0.5) is 25.8 Å². The lowest BCUT2D eigenvalue weighted by Crippen LogP contribution is -2.27. The van der Waals surface area contributed by atoms with Gasteiger partial charge in [0.2, 0.25) is 0 Å². The van der Waals surface area contributed by atoms with Gasteiger partial charge >= 0.3 is 0 Å². The molecule has 0 aromatic heterocycles. The summed E-state index contributed by atoms with van der Waals surface area (Å²) < 4.78 is 34.3. The van der Waals surface area contributed by atoms with Crippen molar-refractivity contribution in [1.82, 2.24) is 0 Å². The van der Waals surface area contributed by atoms with Gasteiger partial charge in [0.05, 0.1) is 0 Å². The van der Waals surface area contributed by atoms with Crippen LogP contribution in [-0.2, 0) is 9.53 Å². The molecule has 30 heavy (non-hydrogen) atoms. The Morgan fingerprint density at radius 1 is 0.967 bits per heavy atom. The van der Waals surface area contributed by atoms with Gasteiger partial charge in [-0.15, -0.1) is 0 Å². The maximum atomic E-state index is 14.5. The molecule has 2 fully saturated rings. The molecular formula is C22H23F2N3O3. The van der Waals surface area contributed by atoms with Gasteiger partial charge < -0.3 is 20.3 Å². The largest absolute Gasteiger partial charge is 0.368 e. The summed E-state index contributed by atoms with van der Waals surface area (Å²) >= 11 is 0. The molecule has 2 saturated heterocycles. The molecule has 8 heteroatoms. The summed E-state index contributed by atoms with van der Waals surface area (Å²) in [5, 5.41) is 5.25. The average Bonchev–Trinajstić information content (AvgIpc) is 3.42. The summed E-state index contributed by atoms with van der Waals surface area (Å²) in [6.07, 6.45) is 2.82. The Labute approximate surface area is 173 Å². The van der Waals surface area contributed by atoms with Crippen LogP contribution in [0.15, 0.2) is 36.4 Å². The average molecular weight is 415 g/mol. The first-order valence-electron chi connectivity index (χ1n) is 10.1. The molecule has 0 aliphatic carbocycles. The third-order valence-corrected chi connectivity index (χ3v) is 5.31. The Morgan fingerprint density at radius 3 is 2.37 bits per heavy atom. The molecule has 0 spiro atoms. The molecule has 2 aromatic carbocycles. The highest BCUT2D eigenvalue weighted by Gasteiger charge is 2.24. The number of benzene rings is 2. The maximum absolute atomic E-state index is 14.5. The van der Waals surface area contributed by atoms with Crippen LogP contribution < -0.4 is 15.5 Å². The Bertz CT molecular complexity index is 931. The Kier molecular flexibility index (Phi) is 5.94. The Hall–Kier alpha value is -3.00. The topological polar surface area (TPSA) is 70.7 Å². The van der Waals surface area contributed by atoms with E-state index < -0.39 is 23.6 Å². The quantitative estimate of drug-likeness (QED) is 0.776. The van der Waals surface area contributed by atoms with Gasteiger partial charge in [-0.3, -0.25) is 9.59 Å². The maximum Gasteiger partial charge on any atom is 0.255 e. The molecule has 1 atom stereocenters. The van der Waals surface area contributed by atoms with Gasteiger partial charge in [-0.2, -0.15) is 0 Å². The lowest BCUT2D eigenvalue weighted by molar-refractivity contribution is -0.124. The Balaban J connectivity index is 1.45. The van der Waals surface area contributed by atoms with Gasteiger partial charge in [0.25, 0.3) is 11.8 Å². The molecule has 2 aliphatic heterocycles. The van der Waals surface area contributed by atoms with Gasteiger partial charge in [-0.05, 0) is 56.0 Å². The fraction of sp³-hybridized carbons (Fsp3) is 0.364. The van der Waals surface area contributed by atoms with Crippen molar-refractivity contribution in [3.05, 3.63) is 53.6 Å². The number of carbonyl (C=O) groups excluding carboxylic acids is 2. The number of anilines is 3. The summed E-state index contributed by atoms with van der Waals surface area (Å²) in [7, 11) is 0. The minimum absolute atomic E-state index is 0.0340. The number of nitrogens with zero attached hydrogens (tertiary/aromatic N) is 1. The number of halogens is 2.